The fourth-order valence-electron chi connectivity index (χ4n) is 7.26. The highest BCUT2D eigenvalue weighted by Crippen LogP contribution is 2.47. The average Bonchev–Trinajstić information content (AvgIpc) is 3.13. The van der Waals surface area contributed by atoms with Crippen molar-refractivity contribution in [1.82, 2.24) is 0 Å². The summed E-state index contributed by atoms with van der Waals surface area (Å²) in [5.74, 6) is 0. The van der Waals surface area contributed by atoms with E-state index in [4.69, 9.17) is 0 Å². The summed E-state index contributed by atoms with van der Waals surface area (Å²) in [7, 11) is 0. The zero-order valence-electron chi connectivity index (χ0n) is 29.9. The van der Waals surface area contributed by atoms with Gasteiger partial charge >= 0.3 is 0 Å². The van der Waals surface area contributed by atoms with E-state index in [1.165, 1.54) is 64.1 Å². The fourth-order valence-corrected chi connectivity index (χ4v) is 7.26. The Morgan fingerprint density at radius 3 is 1.29 bits per heavy atom. The highest BCUT2D eigenvalue weighted by atomic mass is 15.1. The van der Waals surface area contributed by atoms with Crippen molar-refractivity contribution in [3.8, 4) is 0 Å². The maximum Gasteiger partial charge on any atom is 0.0461 e. The van der Waals surface area contributed by atoms with Crippen LogP contribution < -0.4 is 9.80 Å². The van der Waals surface area contributed by atoms with Gasteiger partial charge < -0.3 is 9.80 Å². The first-order chi connectivity index (χ1) is 23.8. The lowest BCUT2D eigenvalue weighted by Crippen LogP contribution is -2.30. The molecule has 0 aromatic heterocycles. The van der Waals surface area contributed by atoms with E-state index < -0.39 is 0 Å². The number of benzene rings is 5. The molecule has 1 fully saturated rings. The van der Waals surface area contributed by atoms with Crippen LogP contribution in [0.15, 0.2) is 157 Å². The van der Waals surface area contributed by atoms with Crippen LogP contribution >= 0.6 is 0 Å². The number of allylic oxidation sites excluding steroid dienone is 4. The Bertz CT molecular complexity index is 1860. The summed E-state index contributed by atoms with van der Waals surface area (Å²) < 4.78 is 0. The largest absolute Gasteiger partial charge is 0.311 e. The third-order valence-electron chi connectivity index (χ3n) is 10.0. The molecule has 0 N–H and O–H groups in total. The second-order valence-electron chi connectivity index (χ2n) is 13.8. The Balaban J connectivity index is 1.37. The molecular weight excluding hydrogens is 593 g/mol. The molecule has 0 unspecified atom stereocenters. The summed E-state index contributed by atoms with van der Waals surface area (Å²) in [6.45, 7) is 14.7. The van der Waals surface area contributed by atoms with Gasteiger partial charge in [0, 0.05) is 39.5 Å². The van der Waals surface area contributed by atoms with Gasteiger partial charge in [-0.1, -0.05) is 121 Å². The topological polar surface area (TPSA) is 6.48 Å². The number of hydrogen-bond acceptors (Lipinski definition) is 2. The molecule has 2 heteroatoms. The van der Waals surface area contributed by atoms with E-state index in [1.807, 2.05) is 6.92 Å². The maximum absolute atomic E-state index is 4.09. The number of rotatable bonds is 10. The van der Waals surface area contributed by atoms with E-state index in [0.29, 0.717) is 0 Å². The maximum atomic E-state index is 4.09. The first kappa shape index (κ1) is 33.8. The summed E-state index contributed by atoms with van der Waals surface area (Å²) in [4.78, 5) is 4.71. The molecule has 0 amide bonds. The molecule has 0 atom stereocenters. The van der Waals surface area contributed by atoms with Gasteiger partial charge in [-0.25, -0.2) is 0 Å². The molecule has 49 heavy (non-hydrogen) atoms. The van der Waals surface area contributed by atoms with Crippen molar-refractivity contribution in [2.24, 2.45) is 0 Å². The predicted molar refractivity (Wildman–Crippen MR) is 212 cm³/mol. The monoisotopic (exact) mass is 642 g/mol. The van der Waals surface area contributed by atoms with Crippen LogP contribution in [-0.4, -0.2) is 0 Å². The van der Waals surface area contributed by atoms with E-state index in [1.54, 1.807) is 0 Å². The lowest BCUT2D eigenvalue weighted by Gasteiger charge is -2.39. The molecule has 248 valence electrons. The number of anilines is 5. The van der Waals surface area contributed by atoms with Gasteiger partial charge in [-0.15, -0.1) is 0 Å². The standard InChI is InChI=1S/C47H50N2/c1-7-41(22-11-35(2)3)48(42-23-12-36(4)13-24-42)45-29-18-39(19-30-45)47(33-9-8-10-34-47)40-20-31-46(32-21-40)49(43-25-14-37(5)15-26-43)44-27-16-38(6)17-28-44/h7,11-32H,2,8-10,33-34H2,1,3-6H3/b22-11-,41-7+. The summed E-state index contributed by atoms with van der Waals surface area (Å²) in [6.07, 6.45) is 12.5. The molecule has 0 bridgehead atoms. The van der Waals surface area contributed by atoms with Crippen molar-refractivity contribution in [3.63, 3.8) is 0 Å². The molecule has 0 radical (unpaired) electrons. The molecule has 0 spiro atoms. The highest BCUT2D eigenvalue weighted by molar-refractivity contribution is 5.77. The summed E-state index contributed by atoms with van der Waals surface area (Å²) in [6, 6.07) is 45.3. The van der Waals surface area contributed by atoms with Crippen LogP contribution in [-0.2, 0) is 5.41 Å². The number of hydrogen-bond donors (Lipinski definition) is 0. The number of aryl methyl sites for hydroxylation is 3. The number of nitrogens with zero attached hydrogens (tertiary/aromatic N) is 2. The van der Waals surface area contributed by atoms with Gasteiger partial charge in [-0.05, 0) is 125 Å². The molecule has 6 rings (SSSR count). The molecule has 1 aliphatic carbocycles. The van der Waals surface area contributed by atoms with E-state index >= 15 is 0 Å². The van der Waals surface area contributed by atoms with Gasteiger partial charge in [0.15, 0.2) is 0 Å². The lowest BCUT2D eigenvalue weighted by atomic mass is 9.65. The minimum absolute atomic E-state index is 0.00811. The Morgan fingerprint density at radius 2 is 0.898 bits per heavy atom. The Kier molecular flexibility index (Phi) is 10.3. The summed E-state index contributed by atoms with van der Waals surface area (Å²) in [5, 5.41) is 0. The van der Waals surface area contributed by atoms with Gasteiger partial charge in [0.25, 0.3) is 0 Å². The van der Waals surface area contributed by atoms with Gasteiger partial charge in [0.2, 0.25) is 0 Å². The third-order valence-corrected chi connectivity index (χ3v) is 10.0. The van der Waals surface area contributed by atoms with Gasteiger partial charge in [-0.3, -0.25) is 0 Å². The van der Waals surface area contributed by atoms with Crippen LogP contribution in [0.25, 0.3) is 0 Å². The van der Waals surface area contributed by atoms with Crippen molar-refractivity contribution >= 4 is 28.4 Å². The van der Waals surface area contributed by atoms with E-state index in [9.17, 15) is 0 Å². The molecule has 1 aliphatic rings. The van der Waals surface area contributed by atoms with Gasteiger partial charge in [0.1, 0.15) is 0 Å². The molecule has 2 nitrogen and oxygen atoms in total. The van der Waals surface area contributed by atoms with E-state index in [0.717, 1.165) is 35.5 Å². The molecule has 5 aromatic rings. The second kappa shape index (κ2) is 15.0. The zero-order valence-corrected chi connectivity index (χ0v) is 29.9. The quantitative estimate of drug-likeness (QED) is 0.140. The van der Waals surface area contributed by atoms with Crippen molar-refractivity contribution in [1.29, 1.82) is 0 Å². The van der Waals surface area contributed by atoms with Crippen LogP contribution in [0.4, 0.5) is 28.4 Å². The first-order valence-corrected chi connectivity index (χ1v) is 17.8. The highest BCUT2D eigenvalue weighted by Gasteiger charge is 2.36. The average molecular weight is 643 g/mol. The van der Waals surface area contributed by atoms with Crippen LogP contribution in [0.5, 0.6) is 0 Å². The van der Waals surface area contributed by atoms with E-state index in [2.05, 4.69) is 184 Å². The Labute approximate surface area is 294 Å². The Hall–Kier alpha value is -5.08. The van der Waals surface area contributed by atoms with Crippen LogP contribution in [0.3, 0.4) is 0 Å². The molecule has 0 aliphatic heterocycles. The van der Waals surface area contributed by atoms with Crippen molar-refractivity contribution in [3.05, 3.63) is 185 Å². The first-order valence-electron chi connectivity index (χ1n) is 17.8. The molecular formula is C47H50N2. The van der Waals surface area contributed by atoms with Crippen molar-refractivity contribution in [2.45, 2.75) is 72.1 Å². The molecule has 5 aromatic carbocycles. The lowest BCUT2D eigenvalue weighted by molar-refractivity contribution is 0.346. The summed E-state index contributed by atoms with van der Waals surface area (Å²) >= 11 is 0. The normalized spacial score (nSPS) is 14.5. The smallest absolute Gasteiger partial charge is 0.0461 e. The van der Waals surface area contributed by atoms with Crippen molar-refractivity contribution < 1.29 is 0 Å². The third kappa shape index (κ3) is 7.50. The van der Waals surface area contributed by atoms with Gasteiger partial charge in [-0.2, -0.15) is 0 Å². The van der Waals surface area contributed by atoms with Crippen LogP contribution in [0.2, 0.25) is 0 Å². The summed E-state index contributed by atoms with van der Waals surface area (Å²) in [5.41, 5.74) is 14.5. The second-order valence-corrected chi connectivity index (χ2v) is 13.8. The molecule has 0 heterocycles. The molecule has 1 saturated carbocycles. The minimum atomic E-state index is -0.00811. The molecule has 0 saturated heterocycles. The zero-order chi connectivity index (χ0) is 34.4. The SMILES string of the molecule is C=C(C)/C=C\C(=C/C)N(c1ccc(C)cc1)c1ccc(C2(c3ccc(N(c4ccc(C)cc4)c4ccc(C)cc4)cc3)CCCCC2)cc1. The van der Waals surface area contributed by atoms with Gasteiger partial charge in [0.05, 0.1) is 0 Å². The fraction of sp³-hybridized carbons (Fsp3) is 0.234. The Morgan fingerprint density at radius 1 is 0.531 bits per heavy atom. The van der Waals surface area contributed by atoms with Crippen LogP contribution in [0, 0.1) is 20.8 Å². The van der Waals surface area contributed by atoms with Crippen molar-refractivity contribution in [2.75, 3.05) is 9.80 Å². The minimum Gasteiger partial charge on any atom is -0.311 e. The van der Waals surface area contributed by atoms with E-state index in [-0.39, 0.29) is 5.41 Å². The van der Waals surface area contributed by atoms with Crippen LogP contribution in [0.1, 0.15) is 73.8 Å². The predicted octanol–water partition coefficient (Wildman–Crippen LogP) is 13.5.